The largest absolute Gasteiger partial charge is 0.480 e. The number of allylic oxidation sites excluding steroid dienone is 1. The standard InChI is InChI=1S/C15H18N4O4/c1-3-4-5-11(15(22)23)18-13(20)8-10-9(2)17-12-6-7-16-19(12)14(10)21/h3-4,6-7,11,16H,5,8H2,1-2H3,(H,18,20)(H,22,23)/b4-3+. The van der Waals surface area contributed by atoms with Crippen molar-refractivity contribution in [3.63, 3.8) is 0 Å². The highest BCUT2D eigenvalue weighted by Crippen LogP contribution is 2.04. The van der Waals surface area contributed by atoms with Gasteiger partial charge in [0.2, 0.25) is 5.91 Å². The van der Waals surface area contributed by atoms with Crippen LogP contribution in [0.3, 0.4) is 0 Å². The number of aromatic amines is 1. The van der Waals surface area contributed by atoms with Gasteiger partial charge in [0, 0.05) is 23.5 Å². The van der Waals surface area contributed by atoms with E-state index in [0.717, 1.165) is 0 Å². The molecule has 2 rings (SSSR count). The third kappa shape index (κ3) is 3.65. The Bertz CT molecular complexity index is 818. The number of carboxylic acid groups (broad SMARTS) is 1. The number of nitrogens with one attached hydrogen (secondary N) is 2. The molecule has 0 spiro atoms. The molecule has 0 fully saturated rings. The van der Waals surface area contributed by atoms with Crippen LogP contribution in [-0.2, 0) is 16.0 Å². The van der Waals surface area contributed by atoms with Crippen molar-refractivity contribution in [3.05, 3.63) is 46.0 Å². The van der Waals surface area contributed by atoms with E-state index in [2.05, 4.69) is 15.4 Å². The lowest BCUT2D eigenvalue weighted by atomic mass is 10.1. The number of hydrogen-bond donors (Lipinski definition) is 3. The molecule has 8 nitrogen and oxygen atoms in total. The molecule has 2 aromatic heterocycles. The highest BCUT2D eigenvalue weighted by atomic mass is 16.4. The Morgan fingerprint density at radius 3 is 2.91 bits per heavy atom. The van der Waals surface area contributed by atoms with Crippen molar-refractivity contribution in [2.45, 2.75) is 32.7 Å². The summed E-state index contributed by atoms with van der Waals surface area (Å²) < 4.78 is 1.24. The molecule has 0 aromatic carbocycles. The van der Waals surface area contributed by atoms with Gasteiger partial charge in [-0.2, -0.15) is 0 Å². The van der Waals surface area contributed by atoms with Crippen LogP contribution < -0.4 is 10.9 Å². The summed E-state index contributed by atoms with van der Waals surface area (Å²) in [6.45, 7) is 3.41. The summed E-state index contributed by atoms with van der Waals surface area (Å²) in [5.74, 6) is -1.65. The minimum Gasteiger partial charge on any atom is -0.480 e. The van der Waals surface area contributed by atoms with Crippen LogP contribution in [0.2, 0.25) is 0 Å². The van der Waals surface area contributed by atoms with E-state index in [0.29, 0.717) is 11.3 Å². The Labute approximate surface area is 131 Å². The number of H-pyrrole nitrogens is 1. The van der Waals surface area contributed by atoms with Gasteiger partial charge in [-0.25, -0.2) is 14.3 Å². The van der Waals surface area contributed by atoms with Gasteiger partial charge in [-0.3, -0.25) is 14.7 Å². The quantitative estimate of drug-likeness (QED) is 0.667. The van der Waals surface area contributed by atoms with Crippen LogP contribution >= 0.6 is 0 Å². The predicted octanol–water partition coefficient (Wildman–Crippen LogP) is 0.409. The first-order valence-corrected chi connectivity index (χ1v) is 7.13. The summed E-state index contributed by atoms with van der Waals surface area (Å²) in [6.07, 6.45) is 4.90. The molecule has 122 valence electrons. The van der Waals surface area contributed by atoms with E-state index in [4.69, 9.17) is 5.11 Å². The molecule has 8 heteroatoms. The van der Waals surface area contributed by atoms with E-state index >= 15 is 0 Å². The number of aryl methyl sites for hydroxylation is 1. The number of carboxylic acids is 1. The highest BCUT2D eigenvalue weighted by molar-refractivity contribution is 5.85. The minimum atomic E-state index is -1.12. The Morgan fingerprint density at radius 2 is 2.26 bits per heavy atom. The second-order valence-corrected chi connectivity index (χ2v) is 5.08. The maximum atomic E-state index is 12.3. The molecule has 0 radical (unpaired) electrons. The first kappa shape index (κ1) is 16.5. The lowest BCUT2D eigenvalue weighted by Gasteiger charge is -2.13. The summed E-state index contributed by atoms with van der Waals surface area (Å²) >= 11 is 0. The minimum absolute atomic E-state index is 0.184. The first-order chi connectivity index (χ1) is 10.9. The summed E-state index contributed by atoms with van der Waals surface area (Å²) in [7, 11) is 0. The molecule has 1 unspecified atom stereocenters. The molecule has 0 aliphatic carbocycles. The monoisotopic (exact) mass is 318 g/mol. The fourth-order valence-electron chi connectivity index (χ4n) is 2.21. The molecular weight excluding hydrogens is 300 g/mol. The molecule has 23 heavy (non-hydrogen) atoms. The van der Waals surface area contributed by atoms with Crippen LogP contribution in [0.5, 0.6) is 0 Å². The zero-order valence-electron chi connectivity index (χ0n) is 12.9. The van der Waals surface area contributed by atoms with Crippen molar-refractivity contribution in [2.75, 3.05) is 0 Å². The molecule has 0 saturated heterocycles. The number of rotatable bonds is 6. The van der Waals surface area contributed by atoms with E-state index in [1.54, 1.807) is 38.3 Å². The molecule has 2 heterocycles. The van der Waals surface area contributed by atoms with Crippen molar-refractivity contribution in [1.29, 1.82) is 0 Å². The van der Waals surface area contributed by atoms with Crippen molar-refractivity contribution in [1.82, 2.24) is 19.9 Å². The van der Waals surface area contributed by atoms with Crippen LogP contribution in [0, 0.1) is 6.92 Å². The van der Waals surface area contributed by atoms with Crippen molar-refractivity contribution in [3.8, 4) is 0 Å². The maximum Gasteiger partial charge on any atom is 0.326 e. The van der Waals surface area contributed by atoms with Gasteiger partial charge in [-0.05, 0) is 20.3 Å². The van der Waals surface area contributed by atoms with Crippen LogP contribution in [0.15, 0.2) is 29.2 Å². The second-order valence-electron chi connectivity index (χ2n) is 5.08. The van der Waals surface area contributed by atoms with E-state index in [1.807, 2.05) is 0 Å². The molecule has 1 atom stereocenters. The Morgan fingerprint density at radius 1 is 1.52 bits per heavy atom. The van der Waals surface area contributed by atoms with Gasteiger partial charge in [-0.15, -0.1) is 0 Å². The number of amides is 1. The fraction of sp³-hybridized carbons (Fsp3) is 0.333. The lowest BCUT2D eigenvalue weighted by Crippen LogP contribution is -2.42. The Hall–Kier alpha value is -2.90. The number of nitrogens with zero attached hydrogens (tertiary/aromatic N) is 2. The third-order valence-electron chi connectivity index (χ3n) is 3.42. The van der Waals surface area contributed by atoms with Gasteiger partial charge in [0.05, 0.1) is 6.42 Å². The molecular formula is C15H18N4O4. The number of fused-ring (bicyclic) bond motifs is 1. The maximum absolute atomic E-state index is 12.3. The van der Waals surface area contributed by atoms with Gasteiger partial charge < -0.3 is 10.4 Å². The topological polar surface area (TPSA) is 117 Å². The van der Waals surface area contributed by atoms with Gasteiger partial charge in [0.1, 0.15) is 6.04 Å². The molecule has 2 aromatic rings. The lowest BCUT2D eigenvalue weighted by molar-refractivity contribution is -0.141. The third-order valence-corrected chi connectivity index (χ3v) is 3.42. The Kier molecular flexibility index (Phi) is 4.95. The average molecular weight is 318 g/mol. The summed E-state index contributed by atoms with van der Waals surface area (Å²) in [6, 6.07) is 0.624. The molecule has 1 amide bonds. The van der Waals surface area contributed by atoms with Crippen molar-refractivity contribution in [2.24, 2.45) is 0 Å². The average Bonchev–Trinajstić information content (AvgIpc) is 2.95. The van der Waals surface area contributed by atoms with Crippen LogP contribution in [0.25, 0.3) is 5.65 Å². The van der Waals surface area contributed by atoms with Gasteiger partial charge >= 0.3 is 5.97 Å². The number of carbonyl (C=O) groups excluding carboxylic acids is 1. The van der Waals surface area contributed by atoms with E-state index in [9.17, 15) is 14.4 Å². The number of aromatic nitrogens is 3. The predicted molar refractivity (Wildman–Crippen MR) is 83.3 cm³/mol. The highest BCUT2D eigenvalue weighted by Gasteiger charge is 2.20. The molecule has 0 bridgehead atoms. The van der Waals surface area contributed by atoms with Crippen LogP contribution in [0.4, 0.5) is 0 Å². The smallest absolute Gasteiger partial charge is 0.326 e. The van der Waals surface area contributed by atoms with E-state index in [-0.39, 0.29) is 24.0 Å². The summed E-state index contributed by atoms with van der Waals surface area (Å²) in [4.78, 5) is 39.8. The molecule has 0 saturated carbocycles. The normalized spacial score (nSPS) is 12.6. The first-order valence-electron chi connectivity index (χ1n) is 7.13. The van der Waals surface area contributed by atoms with Gasteiger partial charge in [-0.1, -0.05) is 12.2 Å². The SMILES string of the molecule is C/C=C/CC(NC(=O)Cc1c(C)nc2cc[nH]n2c1=O)C(=O)O. The number of aliphatic carboxylic acids is 1. The summed E-state index contributed by atoms with van der Waals surface area (Å²) in [5, 5.41) is 14.2. The molecule has 0 aliphatic heterocycles. The summed E-state index contributed by atoms with van der Waals surface area (Å²) in [5.41, 5.74) is 0.781. The number of carbonyl (C=O) groups is 2. The Balaban J connectivity index is 2.19. The van der Waals surface area contributed by atoms with Crippen LogP contribution in [0.1, 0.15) is 24.6 Å². The van der Waals surface area contributed by atoms with E-state index in [1.165, 1.54) is 4.52 Å². The van der Waals surface area contributed by atoms with E-state index < -0.39 is 17.9 Å². The van der Waals surface area contributed by atoms with Gasteiger partial charge in [0.15, 0.2) is 5.65 Å². The second kappa shape index (κ2) is 6.91. The number of hydrogen-bond acceptors (Lipinski definition) is 4. The van der Waals surface area contributed by atoms with Crippen molar-refractivity contribution < 1.29 is 14.7 Å². The zero-order chi connectivity index (χ0) is 17.0. The van der Waals surface area contributed by atoms with Crippen molar-refractivity contribution >= 4 is 17.5 Å². The molecule has 3 N–H and O–H groups in total. The van der Waals surface area contributed by atoms with Gasteiger partial charge in [0.25, 0.3) is 5.56 Å². The zero-order valence-corrected chi connectivity index (χ0v) is 12.9. The van der Waals surface area contributed by atoms with Crippen LogP contribution in [-0.4, -0.2) is 37.6 Å². The fourth-order valence-corrected chi connectivity index (χ4v) is 2.21. The molecule has 0 aliphatic rings.